The van der Waals surface area contributed by atoms with Gasteiger partial charge in [-0.3, -0.25) is 0 Å². The van der Waals surface area contributed by atoms with Crippen LogP contribution in [0.2, 0.25) is 0 Å². The molecule has 0 aromatic heterocycles. The third-order valence-electron chi connectivity index (χ3n) is 4.68. The van der Waals surface area contributed by atoms with Gasteiger partial charge in [-0.25, -0.2) is 8.78 Å². The van der Waals surface area contributed by atoms with Crippen LogP contribution in [0.15, 0.2) is 66.7 Å². The first-order valence-electron chi connectivity index (χ1n) is 7.76. The second-order valence-electron chi connectivity index (χ2n) is 6.01. The summed E-state index contributed by atoms with van der Waals surface area (Å²) in [6.45, 7) is 0. The van der Waals surface area contributed by atoms with E-state index in [4.69, 9.17) is 0 Å². The largest absolute Gasteiger partial charge is 0.206 e. The molecule has 24 heavy (non-hydrogen) atoms. The molecule has 0 unspecified atom stereocenters. The van der Waals surface area contributed by atoms with E-state index in [1.54, 1.807) is 0 Å². The molecule has 0 atom stereocenters. The van der Waals surface area contributed by atoms with Gasteiger partial charge in [-0.1, -0.05) is 54.6 Å². The van der Waals surface area contributed by atoms with E-state index in [1.807, 2.05) is 30.3 Å². The van der Waals surface area contributed by atoms with Gasteiger partial charge in [0.05, 0.1) is 0 Å². The maximum Gasteiger partial charge on any atom is 0.131 e. The predicted octanol–water partition coefficient (Wildman–Crippen LogP) is 6.33. The normalized spacial score (nSPS) is 11.8. The SMILES string of the molecule is Fc1[c]cc(F)c(-c2ccc3ccc4cccc5ccc2c3c45)c1. The topological polar surface area (TPSA) is 0 Å². The van der Waals surface area contributed by atoms with Gasteiger partial charge in [0.25, 0.3) is 0 Å². The van der Waals surface area contributed by atoms with Crippen molar-refractivity contribution in [1.29, 1.82) is 0 Å². The summed E-state index contributed by atoms with van der Waals surface area (Å²) < 4.78 is 27.9. The van der Waals surface area contributed by atoms with Crippen LogP contribution in [0, 0.1) is 17.7 Å². The molecule has 0 aliphatic heterocycles. The first-order valence-corrected chi connectivity index (χ1v) is 7.76. The maximum atomic E-state index is 14.3. The lowest BCUT2D eigenvalue weighted by Crippen LogP contribution is -1.90. The van der Waals surface area contributed by atoms with Crippen molar-refractivity contribution in [3.8, 4) is 11.1 Å². The van der Waals surface area contributed by atoms with Gasteiger partial charge in [-0.15, -0.1) is 0 Å². The summed E-state index contributed by atoms with van der Waals surface area (Å²) in [5, 5.41) is 6.59. The minimum Gasteiger partial charge on any atom is -0.206 e. The highest BCUT2D eigenvalue weighted by Gasteiger charge is 2.14. The molecule has 0 spiro atoms. The van der Waals surface area contributed by atoms with Crippen molar-refractivity contribution in [2.75, 3.05) is 0 Å². The third-order valence-corrected chi connectivity index (χ3v) is 4.68. The molecule has 0 aliphatic carbocycles. The monoisotopic (exact) mass is 313 g/mol. The molecule has 113 valence electrons. The minimum atomic E-state index is -0.558. The molecule has 0 saturated carbocycles. The maximum absolute atomic E-state index is 14.3. The van der Waals surface area contributed by atoms with Gasteiger partial charge in [-0.2, -0.15) is 0 Å². The van der Waals surface area contributed by atoms with Gasteiger partial charge >= 0.3 is 0 Å². The van der Waals surface area contributed by atoms with Crippen molar-refractivity contribution in [1.82, 2.24) is 0 Å². The fourth-order valence-corrected chi connectivity index (χ4v) is 3.62. The number of rotatable bonds is 1. The van der Waals surface area contributed by atoms with Crippen molar-refractivity contribution in [2.24, 2.45) is 0 Å². The Hall–Kier alpha value is -3.00. The van der Waals surface area contributed by atoms with E-state index < -0.39 is 11.6 Å². The molecule has 0 amide bonds. The molecular formula is C22H11F2. The van der Waals surface area contributed by atoms with Crippen molar-refractivity contribution in [3.63, 3.8) is 0 Å². The lowest BCUT2D eigenvalue weighted by molar-refractivity contribution is 0.601. The van der Waals surface area contributed by atoms with Crippen molar-refractivity contribution in [2.45, 2.75) is 0 Å². The van der Waals surface area contributed by atoms with E-state index in [1.165, 1.54) is 6.07 Å². The predicted molar refractivity (Wildman–Crippen MR) is 94.3 cm³/mol. The second-order valence-corrected chi connectivity index (χ2v) is 6.01. The van der Waals surface area contributed by atoms with Crippen molar-refractivity contribution in [3.05, 3.63) is 84.4 Å². The summed E-state index contributed by atoms with van der Waals surface area (Å²) in [6, 6.07) is 22.8. The smallest absolute Gasteiger partial charge is 0.131 e. The summed E-state index contributed by atoms with van der Waals surface area (Å²) in [4.78, 5) is 0. The fourth-order valence-electron chi connectivity index (χ4n) is 3.62. The van der Waals surface area contributed by atoms with Gasteiger partial charge in [0.2, 0.25) is 0 Å². The van der Waals surface area contributed by atoms with Crippen LogP contribution in [0.25, 0.3) is 43.4 Å². The zero-order valence-electron chi connectivity index (χ0n) is 12.6. The van der Waals surface area contributed by atoms with Crippen LogP contribution >= 0.6 is 0 Å². The first kappa shape index (κ1) is 13.4. The third kappa shape index (κ3) is 1.77. The summed E-state index contributed by atoms with van der Waals surface area (Å²) in [5.74, 6) is -1.02. The number of hydrogen-bond acceptors (Lipinski definition) is 0. The molecule has 5 aromatic rings. The van der Waals surface area contributed by atoms with Crippen LogP contribution < -0.4 is 0 Å². The molecule has 1 radical (unpaired) electrons. The zero-order valence-corrected chi connectivity index (χ0v) is 12.6. The summed E-state index contributed by atoms with van der Waals surface area (Å²) in [6.07, 6.45) is 0. The lowest BCUT2D eigenvalue weighted by Gasteiger charge is -2.14. The molecule has 0 bridgehead atoms. The van der Waals surface area contributed by atoms with Gasteiger partial charge in [-0.05, 0) is 50.0 Å². The Morgan fingerprint density at radius 3 is 2.12 bits per heavy atom. The molecule has 0 aliphatic rings. The zero-order chi connectivity index (χ0) is 16.3. The Labute approximate surface area is 137 Å². The van der Waals surface area contributed by atoms with Crippen molar-refractivity contribution < 1.29 is 8.78 Å². The van der Waals surface area contributed by atoms with Crippen LogP contribution in [0.3, 0.4) is 0 Å². The number of benzene rings is 5. The number of halogens is 2. The van der Waals surface area contributed by atoms with Crippen LogP contribution in [0.4, 0.5) is 8.78 Å². The van der Waals surface area contributed by atoms with E-state index in [9.17, 15) is 8.78 Å². The van der Waals surface area contributed by atoms with E-state index in [-0.39, 0.29) is 5.56 Å². The molecule has 0 N–H and O–H groups in total. The highest BCUT2D eigenvalue weighted by molar-refractivity contribution is 6.25. The Morgan fingerprint density at radius 1 is 0.667 bits per heavy atom. The molecule has 0 heterocycles. The van der Waals surface area contributed by atoms with E-state index >= 15 is 0 Å². The standard InChI is InChI=1S/C22H11F2/c23-16-8-11-20(24)19(12-16)17-9-6-15-5-4-13-2-1-3-14-7-10-18(17)22(15)21(13)14/h1-7,9-12H. The molecular weight excluding hydrogens is 302 g/mol. The molecule has 0 fully saturated rings. The van der Waals surface area contributed by atoms with Crippen LogP contribution in [0.1, 0.15) is 0 Å². The molecule has 0 nitrogen and oxygen atoms in total. The van der Waals surface area contributed by atoms with Gasteiger partial charge in [0.15, 0.2) is 0 Å². The van der Waals surface area contributed by atoms with Gasteiger partial charge in [0, 0.05) is 11.6 Å². The van der Waals surface area contributed by atoms with Gasteiger partial charge in [0.1, 0.15) is 11.6 Å². The van der Waals surface area contributed by atoms with Crippen LogP contribution in [-0.2, 0) is 0 Å². The number of hydrogen-bond donors (Lipinski definition) is 0. The van der Waals surface area contributed by atoms with Crippen LogP contribution in [0.5, 0.6) is 0 Å². The highest BCUT2D eigenvalue weighted by atomic mass is 19.1. The minimum absolute atomic E-state index is 0.268. The van der Waals surface area contributed by atoms with E-state index in [2.05, 4.69) is 30.3 Å². The quantitative estimate of drug-likeness (QED) is 0.317. The van der Waals surface area contributed by atoms with E-state index in [0.29, 0.717) is 5.56 Å². The Balaban J connectivity index is 1.99. The average molecular weight is 313 g/mol. The fraction of sp³-hybridized carbons (Fsp3) is 0. The summed E-state index contributed by atoms with van der Waals surface area (Å²) >= 11 is 0. The first-order chi connectivity index (χ1) is 11.7. The average Bonchev–Trinajstić information content (AvgIpc) is 2.62. The highest BCUT2D eigenvalue weighted by Crippen LogP contribution is 2.39. The van der Waals surface area contributed by atoms with Crippen molar-refractivity contribution >= 4 is 32.3 Å². The molecule has 5 rings (SSSR count). The van der Waals surface area contributed by atoms with Crippen LogP contribution in [-0.4, -0.2) is 0 Å². The molecule has 0 saturated heterocycles. The summed E-state index contributed by atoms with van der Waals surface area (Å²) in [7, 11) is 0. The van der Waals surface area contributed by atoms with Gasteiger partial charge < -0.3 is 0 Å². The second kappa shape index (κ2) is 4.75. The summed E-state index contributed by atoms with van der Waals surface area (Å²) in [5.41, 5.74) is 0.968. The molecule has 2 heteroatoms. The Kier molecular flexibility index (Phi) is 2.66. The Bertz CT molecular complexity index is 1210. The van der Waals surface area contributed by atoms with E-state index in [0.717, 1.165) is 38.4 Å². The Morgan fingerprint density at radius 2 is 1.33 bits per heavy atom. The molecule has 5 aromatic carbocycles. The lowest BCUT2D eigenvalue weighted by atomic mass is 9.90.